The molecule has 1 aromatic carbocycles. The van der Waals surface area contributed by atoms with E-state index < -0.39 is 6.09 Å². The summed E-state index contributed by atoms with van der Waals surface area (Å²) in [5.41, 5.74) is 9.10. The summed E-state index contributed by atoms with van der Waals surface area (Å²) < 4.78 is 4.76. The molecule has 1 saturated heterocycles. The van der Waals surface area contributed by atoms with Gasteiger partial charge in [-0.3, -0.25) is 4.79 Å². The van der Waals surface area contributed by atoms with Crippen LogP contribution in [-0.4, -0.2) is 54.9 Å². The van der Waals surface area contributed by atoms with Gasteiger partial charge in [-0.1, -0.05) is 26.8 Å². The predicted octanol–water partition coefficient (Wildman–Crippen LogP) is 3.54. The van der Waals surface area contributed by atoms with Crippen molar-refractivity contribution in [2.45, 2.75) is 52.0 Å². The second kappa shape index (κ2) is 9.66. The number of rotatable bonds is 7. The lowest BCUT2D eigenvalue weighted by Gasteiger charge is -2.40. The lowest BCUT2D eigenvalue weighted by Crippen LogP contribution is -2.47. The number of anilines is 2. The fourth-order valence-electron chi connectivity index (χ4n) is 3.80. The quantitative estimate of drug-likeness (QED) is 0.545. The first-order valence-corrected chi connectivity index (χ1v) is 9.93. The van der Waals surface area contributed by atoms with Gasteiger partial charge in [0.25, 0.3) is 0 Å². The third-order valence-electron chi connectivity index (χ3n) is 5.37. The standard InChI is InChI=1S/C21H33N3O4/c1-14(2)13-24(17-7-9-23(10-8-17)21(26)27)19-6-5-16(12-18(19)22)15(3)11-20(25)28-4/h5-6,12,14-15,17H,7-11,13,22H2,1-4H3,(H,26,27)/t15-/m1/s1. The summed E-state index contributed by atoms with van der Waals surface area (Å²) >= 11 is 0. The van der Waals surface area contributed by atoms with Crippen LogP contribution < -0.4 is 10.6 Å². The predicted molar refractivity (Wildman–Crippen MR) is 111 cm³/mol. The molecule has 0 spiro atoms. The number of carbonyl (C=O) groups is 2. The second-order valence-electron chi connectivity index (χ2n) is 8.05. The van der Waals surface area contributed by atoms with E-state index in [2.05, 4.69) is 18.7 Å². The van der Waals surface area contributed by atoms with Crippen LogP contribution in [0.15, 0.2) is 18.2 Å². The van der Waals surface area contributed by atoms with Crippen LogP contribution >= 0.6 is 0 Å². The molecule has 1 aliphatic rings. The Morgan fingerprint density at radius 1 is 1.29 bits per heavy atom. The minimum absolute atomic E-state index is 0.0288. The molecule has 0 aliphatic carbocycles. The summed E-state index contributed by atoms with van der Waals surface area (Å²) in [5.74, 6) is 0.248. The van der Waals surface area contributed by atoms with Gasteiger partial charge >= 0.3 is 12.1 Å². The number of carboxylic acid groups (broad SMARTS) is 1. The number of esters is 1. The molecule has 0 aromatic heterocycles. The third-order valence-corrected chi connectivity index (χ3v) is 5.37. The molecule has 2 rings (SSSR count). The number of ether oxygens (including phenoxy) is 1. The van der Waals surface area contributed by atoms with Crippen LogP contribution in [0.4, 0.5) is 16.2 Å². The van der Waals surface area contributed by atoms with Crippen LogP contribution in [0.2, 0.25) is 0 Å². The van der Waals surface area contributed by atoms with Crippen LogP contribution in [0.1, 0.15) is 51.5 Å². The highest BCUT2D eigenvalue weighted by Crippen LogP contribution is 2.33. The maximum Gasteiger partial charge on any atom is 0.407 e. The van der Waals surface area contributed by atoms with Gasteiger partial charge in [0, 0.05) is 25.7 Å². The first-order valence-electron chi connectivity index (χ1n) is 9.93. The van der Waals surface area contributed by atoms with Gasteiger partial charge in [-0.05, 0) is 42.4 Å². The summed E-state index contributed by atoms with van der Waals surface area (Å²) in [4.78, 5) is 26.5. The van der Waals surface area contributed by atoms with Crippen LogP contribution in [0, 0.1) is 5.92 Å². The van der Waals surface area contributed by atoms with E-state index >= 15 is 0 Å². The highest BCUT2D eigenvalue weighted by molar-refractivity contribution is 5.72. The zero-order chi connectivity index (χ0) is 20.8. The van der Waals surface area contributed by atoms with E-state index in [0.29, 0.717) is 31.1 Å². The molecule has 0 bridgehead atoms. The van der Waals surface area contributed by atoms with Gasteiger partial charge in [-0.15, -0.1) is 0 Å². The highest BCUT2D eigenvalue weighted by Gasteiger charge is 2.28. The number of benzene rings is 1. The molecular formula is C21H33N3O4. The zero-order valence-electron chi connectivity index (χ0n) is 17.4. The van der Waals surface area contributed by atoms with E-state index in [-0.39, 0.29) is 17.9 Å². The number of methoxy groups -OCH3 is 1. The Hall–Kier alpha value is -2.44. The van der Waals surface area contributed by atoms with Crippen LogP contribution in [0.3, 0.4) is 0 Å². The Morgan fingerprint density at radius 3 is 2.43 bits per heavy atom. The molecular weight excluding hydrogens is 358 g/mol. The Morgan fingerprint density at radius 2 is 1.93 bits per heavy atom. The minimum Gasteiger partial charge on any atom is -0.469 e. The van der Waals surface area contributed by atoms with Crippen molar-refractivity contribution >= 4 is 23.4 Å². The van der Waals surface area contributed by atoms with Crippen molar-refractivity contribution in [3.05, 3.63) is 23.8 Å². The van der Waals surface area contributed by atoms with Gasteiger partial charge in [-0.25, -0.2) is 4.79 Å². The summed E-state index contributed by atoms with van der Waals surface area (Å²) in [7, 11) is 1.39. The summed E-state index contributed by atoms with van der Waals surface area (Å²) in [5, 5.41) is 9.19. The number of nitrogen functional groups attached to an aromatic ring is 1. The summed E-state index contributed by atoms with van der Waals surface area (Å²) in [6.45, 7) is 8.27. The van der Waals surface area contributed by atoms with Gasteiger partial charge in [0.05, 0.1) is 24.9 Å². The van der Waals surface area contributed by atoms with E-state index in [1.165, 1.54) is 12.0 Å². The topological polar surface area (TPSA) is 96.1 Å². The number of piperidine rings is 1. The lowest BCUT2D eigenvalue weighted by molar-refractivity contribution is -0.140. The molecule has 1 aromatic rings. The molecule has 28 heavy (non-hydrogen) atoms. The molecule has 0 radical (unpaired) electrons. The summed E-state index contributed by atoms with van der Waals surface area (Å²) in [6.07, 6.45) is 1.05. The largest absolute Gasteiger partial charge is 0.469 e. The SMILES string of the molecule is COC(=O)C[C@@H](C)c1ccc(N(CC(C)C)C2CCN(C(=O)O)CC2)c(N)c1. The van der Waals surface area contributed by atoms with E-state index in [1.807, 2.05) is 25.1 Å². The molecule has 0 unspecified atom stereocenters. The van der Waals surface area contributed by atoms with Gasteiger partial charge in [-0.2, -0.15) is 0 Å². The maximum absolute atomic E-state index is 11.6. The van der Waals surface area contributed by atoms with Crippen molar-refractivity contribution in [3.8, 4) is 0 Å². The van der Waals surface area contributed by atoms with Crippen molar-refractivity contribution in [2.75, 3.05) is 37.4 Å². The monoisotopic (exact) mass is 391 g/mol. The van der Waals surface area contributed by atoms with Crippen molar-refractivity contribution in [1.82, 2.24) is 4.90 Å². The average Bonchev–Trinajstić information content (AvgIpc) is 2.66. The fraction of sp³-hybridized carbons (Fsp3) is 0.619. The number of hydrogen-bond acceptors (Lipinski definition) is 5. The van der Waals surface area contributed by atoms with Gasteiger partial charge in [0.15, 0.2) is 0 Å². The van der Waals surface area contributed by atoms with Crippen molar-refractivity contribution < 1.29 is 19.4 Å². The van der Waals surface area contributed by atoms with Crippen molar-refractivity contribution in [1.29, 1.82) is 0 Å². The number of hydrogen-bond donors (Lipinski definition) is 2. The van der Waals surface area contributed by atoms with Crippen molar-refractivity contribution in [3.63, 3.8) is 0 Å². The Labute approximate surface area is 167 Å². The Kier molecular flexibility index (Phi) is 7.54. The van der Waals surface area contributed by atoms with E-state index in [1.54, 1.807) is 0 Å². The second-order valence-corrected chi connectivity index (χ2v) is 8.05. The number of amides is 1. The van der Waals surface area contributed by atoms with E-state index in [0.717, 1.165) is 30.6 Å². The van der Waals surface area contributed by atoms with Crippen LogP contribution in [0.5, 0.6) is 0 Å². The number of carbonyl (C=O) groups excluding carboxylic acids is 1. The number of nitrogens with two attached hydrogens (primary N) is 1. The zero-order valence-corrected chi connectivity index (χ0v) is 17.4. The molecule has 156 valence electrons. The fourth-order valence-corrected chi connectivity index (χ4v) is 3.80. The molecule has 1 heterocycles. The molecule has 1 atom stereocenters. The Balaban J connectivity index is 2.19. The molecule has 1 aliphatic heterocycles. The molecule has 0 saturated carbocycles. The highest BCUT2D eigenvalue weighted by atomic mass is 16.5. The number of likely N-dealkylation sites (tertiary alicyclic amines) is 1. The normalized spacial score (nSPS) is 16.1. The van der Waals surface area contributed by atoms with Gasteiger partial charge in [0.1, 0.15) is 0 Å². The average molecular weight is 392 g/mol. The molecule has 3 N–H and O–H groups in total. The Bertz CT molecular complexity index is 684. The van der Waals surface area contributed by atoms with E-state index in [4.69, 9.17) is 10.5 Å². The number of nitrogens with zero attached hydrogens (tertiary/aromatic N) is 2. The van der Waals surface area contributed by atoms with E-state index in [9.17, 15) is 14.7 Å². The van der Waals surface area contributed by atoms with Gasteiger partial charge in [0.2, 0.25) is 0 Å². The summed E-state index contributed by atoms with van der Waals surface area (Å²) in [6, 6.07) is 6.27. The molecule has 7 heteroatoms. The van der Waals surface area contributed by atoms with Crippen LogP contribution in [-0.2, 0) is 9.53 Å². The minimum atomic E-state index is -0.850. The first kappa shape index (κ1) is 21.9. The third kappa shape index (κ3) is 5.53. The van der Waals surface area contributed by atoms with Gasteiger partial charge < -0.3 is 25.4 Å². The smallest absolute Gasteiger partial charge is 0.407 e. The lowest BCUT2D eigenvalue weighted by atomic mass is 9.95. The maximum atomic E-state index is 11.6. The molecule has 1 fully saturated rings. The van der Waals surface area contributed by atoms with Crippen molar-refractivity contribution in [2.24, 2.45) is 5.92 Å². The van der Waals surface area contributed by atoms with Crippen LogP contribution in [0.25, 0.3) is 0 Å². The molecule has 7 nitrogen and oxygen atoms in total. The first-order chi connectivity index (χ1) is 13.2. The molecule has 1 amide bonds.